The fraction of sp³-hybridized carbons (Fsp3) is 0.545. The number of rotatable bonds is 7. The van der Waals surface area contributed by atoms with E-state index >= 15 is 0 Å². The van der Waals surface area contributed by atoms with Gasteiger partial charge in [-0.1, -0.05) is 11.6 Å². The van der Waals surface area contributed by atoms with Crippen LogP contribution in [0.5, 0.6) is 0 Å². The number of thiol groups is 1. The molecule has 1 aromatic rings. The summed E-state index contributed by atoms with van der Waals surface area (Å²) in [6.07, 6.45) is 0. The number of hydrogen-bond acceptors (Lipinski definition) is 7. The first-order valence-corrected chi connectivity index (χ1v) is 7.27. The first-order chi connectivity index (χ1) is 10.3. The smallest absolute Gasteiger partial charge is 0.408 e. The van der Waals surface area contributed by atoms with E-state index in [9.17, 15) is 19.7 Å². The van der Waals surface area contributed by atoms with Crippen molar-refractivity contribution in [3.05, 3.63) is 20.8 Å². The van der Waals surface area contributed by atoms with Gasteiger partial charge in [0.2, 0.25) is 5.91 Å². The summed E-state index contributed by atoms with van der Waals surface area (Å²) in [5.74, 6) is -1.64. The molecule has 0 fully saturated rings. The Morgan fingerprint density at radius 2 is 2.23 bits per heavy atom. The first kappa shape index (κ1) is 18.2. The molecule has 0 unspecified atom stereocenters. The molecule has 1 N–H and O–H groups in total. The van der Waals surface area contributed by atoms with Crippen LogP contribution in [0.1, 0.15) is 12.6 Å². The van der Waals surface area contributed by atoms with Gasteiger partial charge in [-0.25, -0.2) is 4.79 Å². The minimum absolute atomic E-state index is 0.0591. The Morgan fingerprint density at radius 3 is 2.68 bits per heavy atom. The van der Waals surface area contributed by atoms with Gasteiger partial charge in [-0.15, -0.1) is 0 Å². The summed E-state index contributed by atoms with van der Waals surface area (Å²) in [6, 6.07) is -0.905. The Kier molecular flexibility index (Phi) is 6.62. The Bertz CT molecular complexity index is 591. The molecule has 1 aromatic heterocycles. The third-order valence-electron chi connectivity index (χ3n) is 2.67. The second kappa shape index (κ2) is 7.99. The van der Waals surface area contributed by atoms with Crippen molar-refractivity contribution in [2.75, 3.05) is 12.4 Å². The van der Waals surface area contributed by atoms with Gasteiger partial charge in [0.05, 0.1) is 17.4 Å². The van der Waals surface area contributed by atoms with Crippen LogP contribution in [0.15, 0.2) is 0 Å². The maximum Gasteiger partial charge on any atom is 0.408 e. The van der Waals surface area contributed by atoms with E-state index in [4.69, 9.17) is 16.3 Å². The Labute approximate surface area is 136 Å². The number of esters is 1. The molecule has 0 aliphatic rings. The number of nitro groups is 1. The molecule has 1 rings (SSSR count). The third-order valence-corrected chi connectivity index (χ3v) is 3.48. The van der Waals surface area contributed by atoms with E-state index in [1.165, 1.54) is 6.92 Å². The van der Waals surface area contributed by atoms with Crippen LogP contribution < -0.4 is 5.32 Å². The molecule has 1 atom stereocenters. The van der Waals surface area contributed by atoms with Gasteiger partial charge in [0.15, 0.2) is 5.02 Å². The van der Waals surface area contributed by atoms with Crippen LogP contribution in [0.2, 0.25) is 5.02 Å². The van der Waals surface area contributed by atoms with Crippen LogP contribution in [-0.2, 0) is 20.9 Å². The summed E-state index contributed by atoms with van der Waals surface area (Å²) in [6.45, 7) is 3.00. The van der Waals surface area contributed by atoms with E-state index in [0.29, 0.717) is 0 Å². The Balaban J connectivity index is 2.79. The highest BCUT2D eigenvalue weighted by Crippen LogP contribution is 2.26. The van der Waals surface area contributed by atoms with Crippen LogP contribution in [0.3, 0.4) is 0 Å². The molecule has 9 nitrogen and oxygen atoms in total. The number of aromatic nitrogens is 2. The average Bonchev–Trinajstić information content (AvgIpc) is 2.73. The maximum atomic E-state index is 11.9. The monoisotopic (exact) mass is 350 g/mol. The molecule has 0 saturated carbocycles. The summed E-state index contributed by atoms with van der Waals surface area (Å²) in [5.41, 5.74) is 0.280. The first-order valence-electron chi connectivity index (χ1n) is 6.25. The van der Waals surface area contributed by atoms with Gasteiger partial charge in [0.1, 0.15) is 12.6 Å². The minimum atomic E-state index is -0.905. The highest BCUT2D eigenvalue weighted by molar-refractivity contribution is 7.80. The van der Waals surface area contributed by atoms with Gasteiger partial charge in [-0.2, -0.15) is 17.3 Å². The molecule has 1 amide bonds. The predicted molar refractivity (Wildman–Crippen MR) is 81.0 cm³/mol. The second-order valence-electron chi connectivity index (χ2n) is 4.19. The number of nitrogens with zero attached hydrogens (tertiary/aromatic N) is 3. The van der Waals surface area contributed by atoms with Crippen LogP contribution in [-0.4, -0.2) is 45.0 Å². The highest BCUT2D eigenvalue weighted by Gasteiger charge is 2.26. The standard InChI is InChI=1S/C11H15ClN4O5S/c1-3-21-11(18)7(5-22)13-8(17)4-15-6(2)9(12)10(14-15)16(19)20/h7,22H,3-5H2,1-2H3,(H,13,17)/t7-/m0/s1. The lowest BCUT2D eigenvalue weighted by Crippen LogP contribution is -2.44. The number of halogens is 1. The number of hydrogen-bond donors (Lipinski definition) is 2. The molecule has 0 spiro atoms. The SMILES string of the molecule is CCOC(=O)[C@H](CS)NC(=O)Cn1nc([N+](=O)[O-])c(Cl)c1C. The van der Waals surface area contributed by atoms with Crippen LogP contribution in [0.25, 0.3) is 0 Å². The molecule has 0 saturated heterocycles. The number of carbonyl (C=O) groups excluding carboxylic acids is 2. The summed E-state index contributed by atoms with van der Waals surface area (Å²) in [7, 11) is 0. The van der Waals surface area contributed by atoms with Crippen molar-refractivity contribution in [1.29, 1.82) is 0 Å². The predicted octanol–water partition coefficient (Wildman–Crippen LogP) is 0.731. The number of amides is 1. The molecular weight excluding hydrogens is 336 g/mol. The van der Waals surface area contributed by atoms with Crippen molar-refractivity contribution >= 4 is 41.9 Å². The zero-order chi connectivity index (χ0) is 16.9. The van der Waals surface area contributed by atoms with E-state index < -0.39 is 28.7 Å². The van der Waals surface area contributed by atoms with E-state index in [1.54, 1.807) is 6.92 Å². The molecule has 11 heteroatoms. The van der Waals surface area contributed by atoms with Crippen molar-refractivity contribution in [1.82, 2.24) is 15.1 Å². The van der Waals surface area contributed by atoms with Crippen LogP contribution in [0, 0.1) is 17.0 Å². The summed E-state index contributed by atoms with van der Waals surface area (Å²) < 4.78 is 5.88. The zero-order valence-corrected chi connectivity index (χ0v) is 13.6. The Morgan fingerprint density at radius 1 is 1.59 bits per heavy atom. The second-order valence-corrected chi connectivity index (χ2v) is 4.94. The molecule has 122 valence electrons. The van der Waals surface area contributed by atoms with Crippen molar-refractivity contribution in [3.8, 4) is 0 Å². The van der Waals surface area contributed by atoms with Crippen LogP contribution in [0.4, 0.5) is 5.82 Å². The maximum absolute atomic E-state index is 11.9. The third kappa shape index (κ3) is 4.34. The molecule has 1 heterocycles. The summed E-state index contributed by atoms with van der Waals surface area (Å²) in [4.78, 5) is 33.5. The molecule has 0 aliphatic heterocycles. The largest absolute Gasteiger partial charge is 0.464 e. The van der Waals surface area contributed by atoms with E-state index in [-0.39, 0.29) is 29.6 Å². The van der Waals surface area contributed by atoms with Gasteiger partial charge in [0, 0.05) is 5.75 Å². The number of nitrogens with one attached hydrogen (secondary N) is 1. The molecule has 0 radical (unpaired) electrons. The fourth-order valence-corrected chi connectivity index (χ4v) is 2.02. The fourth-order valence-electron chi connectivity index (χ4n) is 1.58. The van der Waals surface area contributed by atoms with Gasteiger partial charge < -0.3 is 20.2 Å². The zero-order valence-electron chi connectivity index (χ0n) is 11.9. The van der Waals surface area contributed by atoms with Crippen molar-refractivity contribution in [2.24, 2.45) is 0 Å². The number of ether oxygens (including phenoxy) is 1. The summed E-state index contributed by atoms with van der Waals surface area (Å²) in [5, 5.41) is 16.7. The lowest BCUT2D eigenvalue weighted by atomic mass is 10.3. The lowest BCUT2D eigenvalue weighted by Gasteiger charge is -2.14. The van der Waals surface area contributed by atoms with Gasteiger partial charge in [-0.05, 0) is 18.8 Å². The molecule has 0 bridgehead atoms. The molecule has 0 aliphatic carbocycles. The van der Waals surface area contributed by atoms with Gasteiger partial charge >= 0.3 is 11.8 Å². The lowest BCUT2D eigenvalue weighted by molar-refractivity contribution is -0.389. The van der Waals surface area contributed by atoms with E-state index in [0.717, 1.165) is 4.68 Å². The molecule has 0 aromatic carbocycles. The van der Waals surface area contributed by atoms with Crippen molar-refractivity contribution in [2.45, 2.75) is 26.4 Å². The van der Waals surface area contributed by atoms with Crippen molar-refractivity contribution in [3.63, 3.8) is 0 Å². The topological polar surface area (TPSA) is 116 Å². The quantitative estimate of drug-likeness (QED) is 0.324. The van der Waals surface area contributed by atoms with Crippen molar-refractivity contribution < 1.29 is 19.2 Å². The van der Waals surface area contributed by atoms with E-state index in [2.05, 4.69) is 23.0 Å². The van der Waals surface area contributed by atoms with Gasteiger partial charge in [-0.3, -0.25) is 4.79 Å². The normalized spacial score (nSPS) is 11.8. The summed E-state index contributed by atoms with van der Waals surface area (Å²) >= 11 is 9.74. The highest BCUT2D eigenvalue weighted by atomic mass is 35.5. The minimum Gasteiger partial charge on any atom is -0.464 e. The van der Waals surface area contributed by atoms with E-state index in [1.807, 2.05) is 0 Å². The molecular formula is C11H15ClN4O5S. The van der Waals surface area contributed by atoms with Crippen LogP contribution >= 0.6 is 24.2 Å². The molecule has 22 heavy (non-hydrogen) atoms. The number of carbonyl (C=O) groups is 2. The Hall–Kier alpha value is -1.81. The average molecular weight is 351 g/mol. The van der Waals surface area contributed by atoms with Gasteiger partial charge in [0.25, 0.3) is 0 Å².